The standard InChI is InChI=1S/C13H20N2O2/c1-13(14,12(16)17)10-15(2)9-8-11-6-4-3-5-7-11/h3-7H,8-10,14H2,1-2H3,(H,16,17). The van der Waals surface area contributed by atoms with E-state index < -0.39 is 11.5 Å². The van der Waals surface area contributed by atoms with Crippen LogP contribution in [0.5, 0.6) is 0 Å². The molecule has 3 N–H and O–H groups in total. The molecule has 0 bridgehead atoms. The van der Waals surface area contributed by atoms with Gasteiger partial charge in [-0.2, -0.15) is 0 Å². The third-order valence-corrected chi connectivity index (χ3v) is 2.71. The maximum absolute atomic E-state index is 10.9. The van der Waals surface area contributed by atoms with Crippen molar-refractivity contribution < 1.29 is 9.90 Å². The van der Waals surface area contributed by atoms with Crippen molar-refractivity contribution >= 4 is 5.97 Å². The minimum absolute atomic E-state index is 0.342. The van der Waals surface area contributed by atoms with Gasteiger partial charge in [0, 0.05) is 13.1 Å². The smallest absolute Gasteiger partial charge is 0.324 e. The molecule has 1 aromatic rings. The topological polar surface area (TPSA) is 66.6 Å². The van der Waals surface area contributed by atoms with Crippen LogP contribution in [0.1, 0.15) is 12.5 Å². The van der Waals surface area contributed by atoms with Crippen molar-refractivity contribution in [2.45, 2.75) is 18.9 Å². The summed E-state index contributed by atoms with van der Waals surface area (Å²) in [5, 5.41) is 8.92. The summed E-state index contributed by atoms with van der Waals surface area (Å²) in [5.74, 6) is -0.968. The number of rotatable bonds is 6. The first-order chi connectivity index (χ1) is 7.92. The summed E-state index contributed by atoms with van der Waals surface area (Å²) in [5.41, 5.74) is 5.74. The highest BCUT2D eigenvalue weighted by Crippen LogP contribution is 2.04. The fraction of sp³-hybridized carbons (Fsp3) is 0.462. The zero-order chi connectivity index (χ0) is 12.9. The number of nitrogens with two attached hydrogens (primary N) is 1. The van der Waals surface area contributed by atoms with Crippen LogP contribution in [0.2, 0.25) is 0 Å². The molecule has 1 aromatic carbocycles. The number of aliphatic carboxylic acids is 1. The first-order valence-corrected chi connectivity index (χ1v) is 5.66. The predicted octanol–water partition coefficient (Wildman–Crippen LogP) is 0.963. The van der Waals surface area contributed by atoms with Crippen LogP contribution >= 0.6 is 0 Å². The van der Waals surface area contributed by atoms with Gasteiger partial charge in [-0.1, -0.05) is 30.3 Å². The van der Waals surface area contributed by atoms with Crippen molar-refractivity contribution in [3.63, 3.8) is 0 Å². The molecule has 0 radical (unpaired) electrons. The Balaban J connectivity index is 2.41. The Kier molecular flexibility index (Phi) is 4.66. The zero-order valence-corrected chi connectivity index (χ0v) is 10.4. The highest BCUT2D eigenvalue weighted by atomic mass is 16.4. The Morgan fingerprint density at radius 2 is 2.00 bits per heavy atom. The molecular weight excluding hydrogens is 216 g/mol. The van der Waals surface area contributed by atoms with E-state index in [0.717, 1.165) is 13.0 Å². The van der Waals surface area contributed by atoms with Crippen LogP contribution in [0.4, 0.5) is 0 Å². The lowest BCUT2D eigenvalue weighted by Gasteiger charge is -2.26. The van der Waals surface area contributed by atoms with Gasteiger partial charge >= 0.3 is 5.97 Å². The average molecular weight is 236 g/mol. The quantitative estimate of drug-likeness (QED) is 0.772. The van der Waals surface area contributed by atoms with Crippen LogP contribution in [-0.2, 0) is 11.2 Å². The Morgan fingerprint density at radius 3 is 2.53 bits per heavy atom. The first-order valence-electron chi connectivity index (χ1n) is 5.66. The van der Waals surface area contributed by atoms with Gasteiger partial charge in [0.1, 0.15) is 5.54 Å². The molecule has 1 atom stereocenters. The van der Waals surface area contributed by atoms with Gasteiger partial charge in [-0.15, -0.1) is 0 Å². The summed E-state index contributed by atoms with van der Waals surface area (Å²) >= 11 is 0. The van der Waals surface area contributed by atoms with Crippen molar-refractivity contribution in [1.82, 2.24) is 4.90 Å². The van der Waals surface area contributed by atoms with Crippen molar-refractivity contribution in [3.8, 4) is 0 Å². The minimum atomic E-state index is -1.19. The fourth-order valence-electron chi connectivity index (χ4n) is 1.67. The van der Waals surface area contributed by atoms with Crippen LogP contribution in [0.15, 0.2) is 30.3 Å². The van der Waals surface area contributed by atoms with Crippen molar-refractivity contribution in [3.05, 3.63) is 35.9 Å². The van der Waals surface area contributed by atoms with Crippen molar-refractivity contribution in [1.29, 1.82) is 0 Å². The van der Waals surface area contributed by atoms with E-state index >= 15 is 0 Å². The van der Waals surface area contributed by atoms with Gasteiger partial charge in [-0.25, -0.2) is 0 Å². The van der Waals surface area contributed by atoms with Gasteiger partial charge in [0.25, 0.3) is 0 Å². The number of carboxylic acids is 1. The van der Waals surface area contributed by atoms with E-state index in [4.69, 9.17) is 10.8 Å². The summed E-state index contributed by atoms with van der Waals surface area (Å²) in [6.45, 7) is 2.67. The van der Waals surface area contributed by atoms with E-state index in [1.165, 1.54) is 12.5 Å². The highest BCUT2D eigenvalue weighted by Gasteiger charge is 2.29. The van der Waals surface area contributed by atoms with Crippen LogP contribution in [0.3, 0.4) is 0 Å². The predicted molar refractivity (Wildman–Crippen MR) is 67.9 cm³/mol. The fourth-order valence-corrected chi connectivity index (χ4v) is 1.67. The number of nitrogens with zero attached hydrogens (tertiary/aromatic N) is 1. The van der Waals surface area contributed by atoms with Crippen molar-refractivity contribution in [2.24, 2.45) is 5.73 Å². The molecule has 0 aliphatic carbocycles. The summed E-state index contributed by atoms with van der Waals surface area (Å²) in [6.07, 6.45) is 0.896. The lowest BCUT2D eigenvalue weighted by atomic mass is 10.0. The molecule has 0 saturated heterocycles. The average Bonchev–Trinajstić information content (AvgIpc) is 2.27. The Bertz CT molecular complexity index is 363. The van der Waals surface area contributed by atoms with E-state index in [1.54, 1.807) is 0 Å². The molecule has 1 unspecified atom stereocenters. The largest absolute Gasteiger partial charge is 0.480 e. The van der Waals surface area contributed by atoms with E-state index in [9.17, 15) is 4.79 Å². The SMILES string of the molecule is CN(CCc1ccccc1)CC(C)(N)C(=O)O. The summed E-state index contributed by atoms with van der Waals surface area (Å²) in [4.78, 5) is 12.8. The normalized spacial score (nSPS) is 14.6. The number of benzene rings is 1. The molecule has 0 heterocycles. The lowest BCUT2D eigenvalue weighted by molar-refractivity contribution is -0.143. The van der Waals surface area contributed by atoms with Gasteiger partial charge < -0.3 is 15.7 Å². The third-order valence-electron chi connectivity index (χ3n) is 2.71. The van der Waals surface area contributed by atoms with E-state index in [1.807, 2.05) is 30.1 Å². The second-order valence-corrected chi connectivity index (χ2v) is 4.70. The second-order valence-electron chi connectivity index (χ2n) is 4.70. The van der Waals surface area contributed by atoms with E-state index in [2.05, 4.69) is 12.1 Å². The van der Waals surface area contributed by atoms with Crippen LogP contribution in [0.25, 0.3) is 0 Å². The number of hydrogen-bond acceptors (Lipinski definition) is 3. The van der Waals surface area contributed by atoms with Crippen molar-refractivity contribution in [2.75, 3.05) is 20.1 Å². The number of carboxylic acid groups (broad SMARTS) is 1. The van der Waals surface area contributed by atoms with E-state index in [0.29, 0.717) is 6.54 Å². The maximum atomic E-state index is 10.9. The molecule has 0 aliphatic heterocycles. The Morgan fingerprint density at radius 1 is 1.41 bits per heavy atom. The van der Waals surface area contributed by atoms with E-state index in [-0.39, 0.29) is 0 Å². The Labute approximate surface area is 102 Å². The van der Waals surface area contributed by atoms with Gasteiger partial charge in [0.2, 0.25) is 0 Å². The summed E-state index contributed by atoms with van der Waals surface area (Å²) < 4.78 is 0. The molecule has 17 heavy (non-hydrogen) atoms. The molecule has 1 rings (SSSR count). The molecule has 94 valence electrons. The highest BCUT2D eigenvalue weighted by molar-refractivity contribution is 5.78. The maximum Gasteiger partial charge on any atom is 0.324 e. The summed E-state index contributed by atoms with van der Waals surface area (Å²) in [7, 11) is 1.89. The molecule has 0 aliphatic rings. The number of likely N-dealkylation sites (N-methyl/N-ethyl adjacent to an activating group) is 1. The van der Waals surface area contributed by atoms with Crippen LogP contribution < -0.4 is 5.73 Å². The number of carbonyl (C=O) groups is 1. The van der Waals surface area contributed by atoms with Crippen LogP contribution in [-0.4, -0.2) is 41.7 Å². The molecule has 0 fully saturated rings. The van der Waals surface area contributed by atoms with Gasteiger partial charge in [0.05, 0.1) is 0 Å². The second kappa shape index (κ2) is 5.80. The summed E-state index contributed by atoms with van der Waals surface area (Å²) in [6, 6.07) is 10.1. The minimum Gasteiger partial charge on any atom is -0.480 e. The molecule has 0 saturated carbocycles. The lowest BCUT2D eigenvalue weighted by Crippen LogP contribution is -2.53. The van der Waals surface area contributed by atoms with Gasteiger partial charge in [-0.3, -0.25) is 4.79 Å². The van der Waals surface area contributed by atoms with Gasteiger partial charge in [-0.05, 0) is 26.0 Å². The third kappa shape index (κ3) is 4.54. The monoisotopic (exact) mass is 236 g/mol. The van der Waals surface area contributed by atoms with Gasteiger partial charge in [0.15, 0.2) is 0 Å². The molecule has 0 spiro atoms. The molecule has 0 aromatic heterocycles. The molecule has 4 heteroatoms. The Hall–Kier alpha value is -1.39. The zero-order valence-electron chi connectivity index (χ0n) is 10.4. The number of hydrogen-bond donors (Lipinski definition) is 2. The molecule has 4 nitrogen and oxygen atoms in total. The molecule has 0 amide bonds. The van der Waals surface area contributed by atoms with Crippen LogP contribution in [0, 0.1) is 0 Å². The molecular formula is C13H20N2O2. The first kappa shape index (κ1) is 13.7.